The van der Waals surface area contributed by atoms with Gasteiger partial charge in [-0.25, -0.2) is 0 Å². The molecule has 1 unspecified atom stereocenters. The van der Waals surface area contributed by atoms with Crippen LogP contribution in [0.5, 0.6) is 11.5 Å². The molecule has 0 aliphatic rings. The average molecular weight is 304 g/mol. The standard InChI is InChI=1S/C14H22ClNO4/c1-4-19-8-12(17)9-20-14-10(7-16-2)5-11(15)6-13(14)18-3/h5-6,12,16-17H,4,7-9H2,1-3H3. The largest absolute Gasteiger partial charge is 0.493 e. The van der Waals surface area contributed by atoms with Gasteiger partial charge in [-0.3, -0.25) is 0 Å². The molecular formula is C14H22ClNO4. The maximum atomic E-state index is 9.75. The van der Waals surface area contributed by atoms with Gasteiger partial charge in [0.2, 0.25) is 0 Å². The minimum absolute atomic E-state index is 0.134. The van der Waals surface area contributed by atoms with Crippen LogP contribution in [0.15, 0.2) is 12.1 Å². The van der Waals surface area contributed by atoms with Gasteiger partial charge in [-0.05, 0) is 20.0 Å². The lowest BCUT2D eigenvalue weighted by Crippen LogP contribution is -2.24. The van der Waals surface area contributed by atoms with Gasteiger partial charge < -0.3 is 24.6 Å². The van der Waals surface area contributed by atoms with Crippen LogP contribution in [-0.2, 0) is 11.3 Å². The molecule has 1 rings (SSSR count). The van der Waals surface area contributed by atoms with Crippen LogP contribution in [0.2, 0.25) is 5.02 Å². The summed E-state index contributed by atoms with van der Waals surface area (Å²) in [6.45, 7) is 3.41. The van der Waals surface area contributed by atoms with Gasteiger partial charge in [-0.15, -0.1) is 0 Å². The summed E-state index contributed by atoms with van der Waals surface area (Å²) in [5, 5.41) is 13.4. The first-order valence-corrected chi connectivity index (χ1v) is 6.89. The lowest BCUT2D eigenvalue weighted by Gasteiger charge is -2.18. The molecule has 6 heteroatoms. The first-order chi connectivity index (χ1) is 9.62. The minimum atomic E-state index is -0.683. The van der Waals surface area contributed by atoms with Crippen molar-refractivity contribution in [2.24, 2.45) is 0 Å². The second-order valence-corrected chi connectivity index (χ2v) is 4.69. The Morgan fingerprint density at radius 1 is 1.35 bits per heavy atom. The van der Waals surface area contributed by atoms with Crippen LogP contribution in [0.1, 0.15) is 12.5 Å². The van der Waals surface area contributed by atoms with Gasteiger partial charge in [0.1, 0.15) is 12.7 Å². The van der Waals surface area contributed by atoms with Crippen molar-refractivity contribution in [1.82, 2.24) is 5.32 Å². The van der Waals surface area contributed by atoms with Gasteiger partial charge >= 0.3 is 0 Å². The van der Waals surface area contributed by atoms with E-state index in [1.807, 2.05) is 20.0 Å². The minimum Gasteiger partial charge on any atom is -0.493 e. The molecule has 0 saturated heterocycles. The highest BCUT2D eigenvalue weighted by Crippen LogP contribution is 2.34. The number of aliphatic hydroxyl groups excluding tert-OH is 1. The summed E-state index contributed by atoms with van der Waals surface area (Å²) < 4.78 is 16.1. The third-order valence-corrected chi connectivity index (χ3v) is 2.84. The summed E-state index contributed by atoms with van der Waals surface area (Å²) in [6.07, 6.45) is -0.683. The van der Waals surface area contributed by atoms with Crippen LogP contribution in [0.25, 0.3) is 0 Å². The Hall–Kier alpha value is -1.01. The lowest BCUT2D eigenvalue weighted by atomic mass is 10.2. The van der Waals surface area contributed by atoms with Crippen LogP contribution >= 0.6 is 11.6 Å². The third kappa shape index (κ3) is 5.17. The van der Waals surface area contributed by atoms with Crippen molar-refractivity contribution in [3.8, 4) is 11.5 Å². The summed E-state index contributed by atoms with van der Waals surface area (Å²) in [7, 11) is 3.39. The fourth-order valence-electron chi connectivity index (χ4n) is 1.74. The van der Waals surface area contributed by atoms with Gasteiger partial charge in [0.15, 0.2) is 11.5 Å². The van der Waals surface area contributed by atoms with Gasteiger partial charge in [-0.2, -0.15) is 0 Å². The number of ether oxygens (including phenoxy) is 3. The average Bonchev–Trinajstić information content (AvgIpc) is 2.43. The van der Waals surface area contributed by atoms with Gasteiger partial charge in [-0.1, -0.05) is 11.6 Å². The molecule has 0 spiro atoms. The number of methoxy groups -OCH3 is 1. The van der Waals surface area contributed by atoms with Crippen LogP contribution in [0.4, 0.5) is 0 Å². The van der Waals surface area contributed by atoms with Crippen molar-refractivity contribution in [3.05, 3.63) is 22.7 Å². The number of hydrogen-bond donors (Lipinski definition) is 2. The summed E-state index contributed by atoms with van der Waals surface area (Å²) in [5.74, 6) is 1.13. The van der Waals surface area contributed by atoms with E-state index in [9.17, 15) is 5.11 Å². The second-order valence-electron chi connectivity index (χ2n) is 4.25. The fraction of sp³-hybridized carbons (Fsp3) is 0.571. The zero-order valence-electron chi connectivity index (χ0n) is 12.1. The Bertz CT molecular complexity index is 414. The first kappa shape index (κ1) is 17.0. The Balaban J connectivity index is 2.80. The lowest BCUT2D eigenvalue weighted by molar-refractivity contribution is 0.0157. The molecule has 5 nitrogen and oxygen atoms in total. The van der Waals surface area contributed by atoms with Crippen molar-refractivity contribution in [2.75, 3.05) is 34.0 Å². The van der Waals surface area contributed by atoms with Crippen molar-refractivity contribution >= 4 is 11.6 Å². The third-order valence-electron chi connectivity index (χ3n) is 2.62. The molecule has 1 atom stereocenters. The molecule has 0 radical (unpaired) electrons. The fourth-order valence-corrected chi connectivity index (χ4v) is 1.97. The molecule has 0 bridgehead atoms. The summed E-state index contributed by atoms with van der Waals surface area (Å²) >= 11 is 6.03. The summed E-state index contributed by atoms with van der Waals surface area (Å²) in [6, 6.07) is 3.50. The molecule has 0 fully saturated rings. The van der Waals surface area contributed by atoms with Crippen LogP contribution in [0.3, 0.4) is 0 Å². The Labute approximate surface area is 124 Å². The smallest absolute Gasteiger partial charge is 0.165 e. The molecule has 20 heavy (non-hydrogen) atoms. The van der Waals surface area contributed by atoms with E-state index in [4.69, 9.17) is 25.8 Å². The highest BCUT2D eigenvalue weighted by atomic mass is 35.5. The number of benzene rings is 1. The van der Waals surface area contributed by atoms with Crippen LogP contribution < -0.4 is 14.8 Å². The molecule has 0 saturated carbocycles. The predicted molar refractivity (Wildman–Crippen MR) is 78.8 cm³/mol. The molecule has 1 aromatic rings. The number of halogens is 1. The zero-order valence-corrected chi connectivity index (χ0v) is 12.9. The van der Waals surface area contributed by atoms with Gasteiger partial charge in [0.05, 0.1) is 13.7 Å². The molecular weight excluding hydrogens is 282 g/mol. The molecule has 0 aromatic heterocycles. The maximum absolute atomic E-state index is 9.75. The molecule has 0 aliphatic carbocycles. The van der Waals surface area contributed by atoms with E-state index in [0.717, 1.165) is 5.56 Å². The van der Waals surface area contributed by atoms with E-state index < -0.39 is 6.10 Å². The van der Waals surface area contributed by atoms with E-state index >= 15 is 0 Å². The van der Waals surface area contributed by atoms with E-state index in [2.05, 4.69) is 5.32 Å². The maximum Gasteiger partial charge on any atom is 0.165 e. The molecule has 1 aromatic carbocycles. The van der Waals surface area contributed by atoms with Gasteiger partial charge in [0.25, 0.3) is 0 Å². The quantitative estimate of drug-likeness (QED) is 0.729. The second kappa shape index (κ2) is 9.02. The summed E-state index contributed by atoms with van der Waals surface area (Å²) in [5.41, 5.74) is 0.875. The van der Waals surface area contributed by atoms with Crippen molar-refractivity contribution in [1.29, 1.82) is 0 Å². The molecule has 0 aliphatic heterocycles. The normalized spacial score (nSPS) is 12.2. The van der Waals surface area contributed by atoms with E-state index in [-0.39, 0.29) is 13.2 Å². The van der Waals surface area contributed by atoms with Gasteiger partial charge in [0, 0.05) is 29.8 Å². The van der Waals surface area contributed by atoms with E-state index in [1.54, 1.807) is 13.2 Å². The monoisotopic (exact) mass is 303 g/mol. The van der Waals surface area contributed by atoms with Crippen LogP contribution in [0, 0.1) is 0 Å². The number of rotatable bonds is 9. The topological polar surface area (TPSA) is 60.0 Å². The predicted octanol–water partition coefficient (Wildman–Crippen LogP) is 1.84. The molecule has 114 valence electrons. The molecule has 2 N–H and O–H groups in total. The van der Waals surface area contributed by atoms with E-state index in [1.165, 1.54) is 0 Å². The van der Waals surface area contributed by atoms with E-state index in [0.29, 0.717) is 29.7 Å². The van der Waals surface area contributed by atoms with Crippen molar-refractivity contribution < 1.29 is 19.3 Å². The molecule has 0 heterocycles. The van der Waals surface area contributed by atoms with Crippen molar-refractivity contribution in [2.45, 2.75) is 19.6 Å². The Morgan fingerprint density at radius 3 is 2.70 bits per heavy atom. The highest BCUT2D eigenvalue weighted by Gasteiger charge is 2.14. The number of hydrogen-bond acceptors (Lipinski definition) is 5. The first-order valence-electron chi connectivity index (χ1n) is 6.52. The Kier molecular flexibility index (Phi) is 7.69. The molecule has 0 amide bonds. The SMILES string of the molecule is CCOCC(O)COc1c(CNC)cc(Cl)cc1OC. The number of nitrogens with one attached hydrogen (secondary N) is 1. The number of aliphatic hydroxyl groups is 1. The zero-order chi connectivity index (χ0) is 15.0. The highest BCUT2D eigenvalue weighted by molar-refractivity contribution is 6.30. The van der Waals surface area contributed by atoms with Crippen LogP contribution in [-0.4, -0.2) is 45.2 Å². The van der Waals surface area contributed by atoms with Crippen molar-refractivity contribution in [3.63, 3.8) is 0 Å². The Morgan fingerprint density at radius 2 is 2.10 bits per heavy atom. The summed E-state index contributed by atoms with van der Waals surface area (Å²) in [4.78, 5) is 0.